The van der Waals surface area contributed by atoms with Gasteiger partial charge in [0.25, 0.3) is 0 Å². The zero-order valence-corrected chi connectivity index (χ0v) is 12.4. The van der Waals surface area contributed by atoms with Gasteiger partial charge < -0.3 is 10.1 Å². The van der Waals surface area contributed by atoms with Gasteiger partial charge >= 0.3 is 0 Å². The number of rotatable bonds is 6. The lowest BCUT2D eigenvalue weighted by molar-refractivity contribution is 0.269. The van der Waals surface area contributed by atoms with Gasteiger partial charge in [-0.2, -0.15) is 0 Å². The van der Waals surface area contributed by atoms with E-state index in [4.69, 9.17) is 4.74 Å². The van der Waals surface area contributed by atoms with Gasteiger partial charge in [-0.1, -0.05) is 38.1 Å². The van der Waals surface area contributed by atoms with Crippen LogP contribution in [-0.4, -0.2) is 11.6 Å². The number of pyridine rings is 1. The number of benzene rings is 1. The van der Waals surface area contributed by atoms with Gasteiger partial charge in [-0.25, -0.2) is 4.98 Å². The standard InChI is InChI=1S/C17H22N2O/c1-13(2)12-20-16-9-5-4-8-15(16)11-18-17-10-6-7-14(3)19-17/h4-10,13H,11-12H2,1-3H3,(H,18,19). The molecule has 1 heterocycles. The second kappa shape index (κ2) is 6.94. The minimum atomic E-state index is 0.523. The van der Waals surface area contributed by atoms with Crippen molar-refractivity contribution in [3.8, 4) is 5.75 Å². The molecular formula is C17H22N2O. The van der Waals surface area contributed by atoms with Crippen LogP contribution in [0.15, 0.2) is 42.5 Å². The number of aryl methyl sites for hydroxylation is 1. The first-order valence-corrected chi connectivity index (χ1v) is 7.03. The third-order valence-electron chi connectivity index (χ3n) is 2.89. The third kappa shape index (κ3) is 4.26. The fraction of sp³-hybridized carbons (Fsp3) is 0.353. The molecule has 0 unspecified atom stereocenters. The monoisotopic (exact) mass is 270 g/mol. The van der Waals surface area contributed by atoms with Gasteiger partial charge in [0, 0.05) is 17.8 Å². The van der Waals surface area contributed by atoms with E-state index in [2.05, 4.69) is 30.2 Å². The predicted octanol–water partition coefficient (Wildman–Crippen LogP) is 4.04. The number of hydrogen-bond donors (Lipinski definition) is 1. The topological polar surface area (TPSA) is 34.1 Å². The van der Waals surface area contributed by atoms with E-state index >= 15 is 0 Å². The van der Waals surface area contributed by atoms with E-state index in [1.165, 1.54) is 0 Å². The van der Waals surface area contributed by atoms with Gasteiger partial charge in [-0.3, -0.25) is 0 Å². The molecule has 3 nitrogen and oxygen atoms in total. The summed E-state index contributed by atoms with van der Waals surface area (Å²) in [5.74, 6) is 2.36. The molecule has 2 aromatic rings. The van der Waals surface area contributed by atoms with Crippen molar-refractivity contribution < 1.29 is 4.74 Å². The molecule has 0 aliphatic heterocycles. The molecule has 0 amide bonds. The molecule has 0 aliphatic rings. The first-order valence-electron chi connectivity index (χ1n) is 7.03. The molecule has 0 fully saturated rings. The van der Waals surface area contributed by atoms with Crippen LogP contribution in [0.2, 0.25) is 0 Å². The summed E-state index contributed by atoms with van der Waals surface area (Å²) in [5, 5.41) is 3.34. The number of hydrogen-bond acceptors (Lipinski definition) is 3. The Morgan fingerprint density at radius 2 is 1.90 bits per heavy atom. The third-order valence-corrected chi connectivity index (χ3v) is 2.89. The van der Waals surface area contributed by atoms with E-state index in [0.717, 1.165) is 29.4 Å². The number of ether oxygens (including phenoxy) is 1. The molecule has 0 saturated carbocycles. The SMILES string of the molecule is Cc1cccc(NCc2ccccc2OCC(C)C)n1. The summed E-state index contributed by atoms with van der Waals surface area (Å²) in [6, 6.07) is 14.1. The molecule has 0 radical (unpaired) electrons. The molecule has 1 aromatic carbocycles. The molecule has 1 N–H and O–H groups in total. The highest BCUT2D eigenvalue weighted by Gasteiger charge is 2.04. The zero-order valence-electron chi connectivity index (χ0n) is 12.4. The Morgan fingerprint density at radius 3 is 2.65 bits per heavy atom. The molecule has 20 heavy (non-hydrogen) atoms. The second-order valence-corrected chi connectivity index (χ2v) is 5.33. The maximum Gasteiger partial charge on any atom is 0.126 e. The molecule has 0 bridgehead atoms. The number of nitrogens with one attached hydrogen (secondary N) is 1. The highest BCUT2D eigenvalue weighted by atomic mass is 16.5. The van der Waals surface area contributed by atoms with Crippen LogP contribution in [0.1, 0.15) is 25.1 Å². The first-order chi connectivity index (χ1) is 9.65. The van der Waals surface area contributed by atoms with Crippen molar-refractivity contribution in [3.63, 3.8) is 0 Å². The van der Waals surface area contributed by atoms with Gasteiger partial charge in [0.1, 0.15) is 11.6 Å². The van der Waals surface area contributed by atoms with Gasteiger partial charge in [0.2, 0.25) is 0 Å². The summed E-state index contributed by atoms with van der Waals surface area (Å²) in [5.41, 5.74) is 2.16. The zero-order chi connectivity index (χ0) is 14.4. The van der Waals surface area contributed by atoms with Crippen molar-refractivity contribution in [3.05, 3.63) is 53.7 Å². The molecule has 3 heteroatoms. The lowest BCUT2D eigenvalue weighted by Gasteiger charge is -2.14. The quantitative estimate of drug-likeness (QED) is 0.860. The molecule has 1 aromatic heterocycles. The Morgan fingerprint density at radius 1 is 1.10 bits per heavy atom. The van der Waals surface area contributed by atoms with E-state index < -0.39 is 0 Å². The minimum Gasteiger partial charge on any atom is -0.493 e. The van der Waals surface area contributed by atoms with Crippen LogP contribution >= 0.6 is 0 Å². The van der Waals surface area contributed by atoms with Crippen LogP contribution in [0.25, 0.3) is 0 Å². The average molecular weight is 270 g/mol. The van der Waals surface area contributed by atoms with E-state index in [9.17, 15) is 0 Å². The maximum absolute atomic E-state index is 5.85. The van der Waals surface area contributed by atoms with Gasteiger partial charge in [-0.05, 0) is 31.0 Å². The Bertz CT molecular complexity index is 552. The smallest absolute Gasteiger partial charge is 0.126 e. The summed E-state index contributed by atoms with van der Waals surface area (Å²) >= 11 is 0. The van der Waals surface area contributed by atoms with Crippen LogP contribution in [0.5, 0.6) is 5.75 Å². The van der Waals surface area contributed by atoms with Crippen molar-refractivity contribution in [2.75, 3.05) is 11.9 Å². The normalized spacial score (nSPS) is 10.6. The lowest BCUT2D eigenvalue weighted by atomic mass is 10.2. The fourth-order valence-electron chi connectivity index (χ4n) is 1.87. The largest absolute Gasteiger partial charge is 0.493 e. The van der Waals surface area contributed by atoms with Crippen LogP contribution in [-0.2, 0) is 6.54 Å². The Balaban J connectivity index is 2.02. The van der Waals surface area contributed by atoms with E-state index in [1.807, 2.05) is 43.3 Å². The number of para-hydroxylation sites is 1. The fourth-order valence-corrected chi connectivity index (χ4v) is 1.87. The molecule has 0 aliphatic carbocycles. The van der Waals surface area contributed by atoms with Crippen molar-refractivity contribution in [2.24, 2.45) is 5.92 Å². The van der Waals surface area contributed by atoms with Crippen molar-refractivity contribution in [1.82, 2.24) is 4.98 Å². The van der Waals surface area contributed by atoms with Crippen LogP contribution in [0, 0.1) is 12.8 Å². The minimum absolute atomic E-state index is 0.523. The van der Waals surface area contributed by atoms with Crippen molar-refractivity contribution in [2.45, 2.75) is 27.3 Å². The number of nitrogens with zero attached hydrogens (tertiary/aromatic N) is 1. The lowest BCUT2D eigenvalue weighted by Crippen LogP contribution is -2.08. The van der Waals surface area contributed by atoms with Gasteiger partial charge in [0.15, 0.2) is 0 Å². The summed E-state index contributed by atoms with van der Waals surface area (Å²) < 4.78 is 5.85. The highest BCUT2D eigenvalue weighted by Crippen LogP contribution is 2.20. The predicted molar refractivity (Wildman–Crippen MR) is 83.1 cm³/mol. The van der Waals surface area contributed by atoms with Gasteiger partial charge in [0.05, 0.1) is 6.61 Å². The Labute approximate surface area is 121 Å². The summed E-state index contributed by atoms with van der Waals surface area (Å²) in [4.78, 5) is 4.44. The van der Waals surface area contributed by atoms with E-state index in [0.29, 0.717) is 12.5 Å². The average Bonchev–Trinajstić information content (AvgIpc) is 2.44. The van der Waals surface area contributed by atoms with Gasteiger partial charge in [-0.15, -0.1) is 0 Å². The summed E-state index contributed by atoms with van der Waals surface area (Å²) in [7, 11) is 0. The first kappa shape index (κ1) is 14.4. The summed E-state index contributed by atoms with van der Waals surface area (Å²) in [6.45, 7) is 7.74. The van der Waals surface area contributed by atoms with E-state index in [1.54, 1.807) is 0 Å². The Kier molecular flexibility index (Phi) is 4.99. The maximum atomic E-state index is 5.85. The molecule has 0 atom stereocenters. The van der Waals surface area contributed by atoms with Crippen LogP contribution in [0.3, 0.4) is 0 Å². The number of aromatic nitrogens is 1. The van der Waals surface area contributed by atoms with Crippen LogP contribution in [0.4, 0.5) is 5.82 Å². The van der Waals surface area contributed by atoms with E-state index in [-0.39, 0.29) is 0 Å². The second-order valence-electron chi connectivity index (χ2n) is 5.33. The Hall–Kier alpha value is -2.03. The van der Waals surface area contributed by atoms with Crippen molar-refractivity contribution in [1.29, 1.82) is 0 Å². The molecule has 0 spiro atoms. The molecular weight excluding hydrogens is 248 g/mol. The van der Waals surface area contributed by atoms with Crippen molar-refractivity contribution >= 4 is 5.82 Å². The molecule has 106 valence electrons. The van der Waals surface area contributed by atoms with Crippen LogP contribution < -0.4 is 10.1 Å². The summed E-state index contributed by atoms with van der Waals surface area (Å²) in [6.07, 6.45) is 0. The molecule has 2 rings (SSSR count). The highest BCUT2D eigenvalue weighted by molar-refractivity contribution is 5.40. The number of anilines is 1. The molecule has 0 saturated heterocycles.